The number of hydrogen-bond donors (Lipinski definition) is 2. The molecule has 1 aromatic carbocycles. The van der Waals surface area contributed by atoms with Gasteiger partial charge in [0.2, 0.25) is 11.8 Å². The summed E-state index contributed by atoms with van der Waals surface area (Å²) in [7, 11) is 0. The number of nitrogens with zero attached hydrogens (tertiary/aromatic N) is 2. The maximum Gasteiger partial charge on any atom is 0.230 e. The number of rotatable bonds is 6. The second-order valence-electron chi connectivity index (χ2n) is 8.85. The Morgan fingerprint density at radius 2 is 2.09 bits per heavy atom. The molecule has 32 heavy (non-hydrogen) atoms. The number of aromatic nitrogens is 2. The molecule has 2 aromatic heterocycles. The van der Waals surface area contributed by atoms with Crippen LogP contribution in [0.4, 0.5) is 0 Å². The Morgan fingerprint density at radius 3 is 2.97 bits per heavy atom. The summed E-state index contributed by atoms with van der Waals surface area (Å²) in [6, 6.07) is 11.9. The van der Waals surface area contributed by atoms with Crippen LogP contribution in [0.25, 0.3) is 10.9 Å². The molecule has 0 radical (unpaired) electrons. The lowest BCUT2D eigenvalue weighted by atomic mass is 9.77. The number of carbonyl (C=O) groups excluding carboxylic acids is 2. The fourth-order valence-corrected chi connectivity index (χ4v) is 5.50. The van der Waals surface area contributed by atoms with E-state index >= 15 is 0 Å². The molecule has 7 heteroatoms. The Balaban J connectivity index is 1.15. The van der Waals surface area contributed by atoms with E-state index in [-0.39, 0.29) is 17.9 Å². The van der Waals surface area contributed by atoms with Crippen LogP contribution in [0.3, 0.4) is 0 Å². The minimum atomic E-state index is -0.687. The summed E-state index contributed by atoms with van der Waals surface area (Å²) in [5.41, 5.74) is 2.59. The molecule has 2 unspecified atom stereocenters. The first kappa shape index (κ1) is 19.3. The fourth-order valence-electron chi connectivity index (χ4n) is 5.50. The summed E-state index contributed by atoms with van der Waals surface area (Å²) in [6.45, 7) is 1.49. The minimum Gasteiger partial charge on any atom is -0.361 e. The molecule has 4 atom stereocenters. The van der Waals surface area contributed by atoms with E-state index in [2.05, 4.69) is 21.4 Å². The lowest BCUT2D eigenvalue weighted by Crippen LogP contribution is -2.44. The lowest BCUT2D eigenvalue weighted by molar-refractivity contribution is -0.137. The van der Waals surface area contributed by atoms with E-state index in [0.29, 0.717) is 19.6 Å². The number of hydrogen-bond acceptors (Lipinski definition) is 4. The van der Waals surface area contributed by atoms with E-state index in [9.17, 15) is 9.59 Å². The molecule has 162 valence electrons. The smallest absolute Gasteiger partial charge is 0.230 e. The van der Waals surface area contributed by atoms with Crippen LogP contribution < -0.4 is 5.32 Å². The van der Waals surface area contributed by atoms with E-state index < -0.39 is 17.4 Å². The summed E-state index contributed by atoms with van der Waals surface area (Å²) >= 11 is 0. The van der Waals surface area contributed by atoms with Gasteiger partial charge in [-0.05, 0) is 35.7 Å². The average molecular weight is 428 g/mol. The molecule has 0 aliphatic carbocycles. The van der Waals surface area contributed by atoms with Gasteiger partial charge in [-0.1, -0.05) is 30.4 Å². The molecule has 6 rings (SSSR count). The van der Waals surface area contributed by atoms with Gasteiger partial charge in [0.05, 0.1) is 24.5 Å². The molecule has 5 heterocycles. The third-order valence-corrected chi connectivity index (χ3v) is 6.97. The van der Waals surface area contributed by atoms with Gasteiger partial charge >= 0.3 is 0 Å². The van der Waals surface area contributed by atoms with Crippen molar-refractivity contribution < 1.29 is 14.3 Å². The largest absolute Gasteiger partial charge is 0.361 e. The van der Waals surface area contributed by atoms with Crippen molar-refractivity contribution in [1.82, 2.24) is 20.2 Å². The van der Waals surface area contributed by atoms with Crippen LogP contribution in [-0.2, 0) is 27.3 Å². The van der Waals surface area contributed by atoms with Crippen LogP contribution in [0.15, 0.2) is 67.1 Å². The molecule has 3 aliphatic heterocycles. The zero-order valence-electron chi connectivity index (χ0n) is 17.5. The Bertz CT molecular complexity index is 1220. The van der Waals surface area contributed by atoms with Gasteiger partial charge in [-0.2, -0.15) is 0 Å². The van der Waals surface area contributed by atoms with Gasteiger partial charge < -0.3 is 19.9 Å². The van der Waals surface area contributed by atoms with Gasteiger partial charge in [0, 0.05) is 42.6 Å². The van der Waals surface area contributed by atoms with Gasteiger partial charge in [-0.25, -0.2) is 0 Å². The molecule has 3 aromatic rings. The number of nitrogens with one attached hydrogen (secondary N) is 2. The number of benzene rings is 1. The third kappa shape index (κ3) is 2.96. The highest BCUT2D eigenvalue weighted by Gasteiger charge is 2.66. The molecule has 7 nitrogen and oxygen atoms in total. The number of carbonyl (C=O) groups is 2. The van der Waals surface area contributed by atoms with Gasteiger partial charge in [-0.3, -0.25) is 14.6 Å². The zero-order valence-corrected chi connectivity index (χ0v) is 17.5. The van der Waals surface area contributed by atoms with E-state index in [0.717, 1.165) is 17.5 Å². The van der Waals surface area contributed by atoms with Crippen molar-refractivity contribution in [2.45, 2.75) is 24.7 Å². The summed E-state index contributed by atoms with van der Waals surface area (Å²) in [5.74, 6) is -1.07. The molecule has 2 amide bonds. The Labute approximate surface area is 185 Å². The number of ether oxygens (including phenoxy) is 1. The van der Waals surface area contributed by atoms with Gasteiger partial charge in [0.15, 0.2) is 0 Å². The van der Waals surface area contributed by atoms with Crippen molar-refractivity contribution in [3.05, 3.63) is 78.3 Å². The highest BCUT2D eigenvalue weighted by Crippen LogP contribution is 2.52. The molecule has 2 fully saturated rings. The van der Waals surface area contributed by atoms with Gasteiger partial charge in [0.25, 0.3) is 0 Å². The van der Waals surface area contributed by atoms with Crippen molar-refractivity contribution in [1.29, 1.82) is 0 Å². The molecule has 3 aliphatic rings. The van der Waals surface area contributed by atoms with E-state index in [1.54, 1.807) is 17.3 Å². The average Bonchev–Trinajstić information content (AvgIpc) is 3.55. The normalized spacial score (nSPS) is 27.9. The molecule has 2 saturated heterocycles. The molecular weight excluding hydrogens is 404 g/mol. The molecular formula is C25H24N4O3. The third-order valence-electron chi connectivity index (χ3n) is 6.97. The predicted octanol–water partition coefficient (Wildman–Crippen LogP) is 2.20. The van der Waals surface area contributed by atoms with Gasteiger partial charge in [0.1, 0.15) is 5.60 Å². The molecule has 2 N–H and O–H groups in total. The van der Waals surface area contributed by atoms with Crippen molar-refractivity contribution in [2.75, 3.05) is 13.1 Å². The van der Waals surface area contributed by atoms with Gasteiger partial charge in [-0.15, -0.1) is 0 Å². The SMILES string of the molecule is O=C(NCCc1c[nH]c2ccccc12)C1C2C(=O)N(Cc3ccncc3)C[C@]23C=C[C@@H]1O3. The van der Waals surface area contributed by atoms with Crippen LogP contribution in [0.5, 0.6) is 0 Å². The first-order chi connectivity index (χ1) is 15.6. The maximum atomic E-state index is 13.3. The van der Waals surface area contributed by atoms with Crippen molar-refractivity contribution >= 4 is 22.7 Å². The zero-order chi connectivity index (χ0) is 21.7. The van der Waals surface area contributed by atoms with Crippen LogP contribution in [0, 0.1) is 11.8 Å². The fraction of sp³-hybridized carbons (Fsp3) is 0.320. The Kier molecular flexibility index (Phi) is 4.40. The maximum absolute atomic E-state index is 13.3. The number of H-pyrrole nitrogens is 1. The number of amides is 2. The topological polar surface area (TPSA) is 87.3 Å². The van der Waals surface area contributed by atoms with Crippen LogP contribution in [-0.4, -0.2) is 51.5 Å². The number of pyridine rings is 1. The second kappa shape index (κ2) is 7.31. The number of likely N-dealkylation sites (tertiary alicyclic amines) is 1. The molecule has 2 bridgehead atoms. The first-order valence-electron chi connectivity index (χ1n) is 11.0. The van der Waals surface area contributed by atoms with E-state index in [1.165, 1.54) is 10.9 Å². The number of aromatic amines is 1. The summed E-state index contributed by atoms with van der Waals surface area (Å²) < 4.78 is 6.21. The van der Waals surface area contributed by atoms with E-state index in [4.69, 9.17) is 4.74 Å². The minimum absolute atomic E-state index is 0.00885. The molecule has 0 saturated carbocycles. The number of fused-ring (bicyclic) bond motifs is 2. The summed E-state index contributed by atoms with van der Waals surface area (Å²) in [4.78, 5) is 35.6. The second-order valence-corrected chi connectivity index (χ2v) is 8.85. The van der Waals surface area contributed by atoms with Crippen molar-refractivity contribution in [3.8, 4) is 0 Å². The quantitative estimate of drug-likeness (QED) is 0.590. The lowest BCUT2D eigenvalue weighted by Gasteiger charge is -2.23. The Hall–Kier alpha value is -3.45. The van der Waals surface area contributed by atoms with Crippen LogP contribution in [0.1, 0.15) is 11.1 Å². The van der Waals surface area contributed by atoms with Crippen molar-refractivity contribution in [2.24, 2.45) is 11.8 Å². The molecule has 1 spiro atoms. The monoisotopic (exact) mass is 428 g/mol. The number of para-hydroxylation sites is 1. The standard InChI is InChI=1S/C25H24N4O3/c30-23(27-12-8-17-13-28-19-4-2-1-3-18(17)19)21-20-5-9-25(32-20)15-29(24(31)22(21)25)14-16-6-10-26-11-7-16/h1-7,9-11,13,20-22,28H,8,12,14-15H2,(H,27,30)/t20-,21?,22?,25+/m0/s1. The first-order valence-corrected chi connectivity index (χ1v) is 11.0. The van der Waals surface area contributed by atoms with Crippen LogP contribution in [0.2, 0.25) is 0 Å². The van der Waals surface area contributed by atoms with Crippen molar-refractivity contribution in [3.63, 3.8) is 0 Å². The highest BCUT2D eigenvalue weighted by atomic mass is 16.5. The predicted molar refractivity (Wildman–Crippen MR) is 118 cm³/mol. The summed E-state index contributed by atoms with van der Waals surface area (Å²) in [6.07, 6.45) is 9.77. The van der Waals surface area contributed by atoms with E-state index in [1.807, 2.05) is 48.7 Å². The highest BCUT2D eigenvalue weighted by molar-refractivity contribution is 5.93. The van der Waals surface area contributed by atoms with Crippen LogP contribution >= 0.6 is 0 Å². The summed E-state index contributed by atoms with van der Waals surface area (Å²) in [5, 5.41) is 4.23. The Morgan fingerprint density at radius 1 is 1.25 bits per heavy atom.